The zero-order valence-electron chi connectivity index (χ0n) is 16.0. The maximum Gasteiger partial charge on any atom is 0.193 e. The Morgan fingerprint density at radius 1 is 1.08 bits per heavy atom. The van der Waals surface area contributed by atoms with Crippen molar-refractivity contribution in [3.05, 3.63) is 0 Å². The molecule has 1 aliphatic carbocycles. The Balaban J connectivity index is 1.50. The van der Waals surface area contributed by atoms with E-state index in [1.54, 1.807) is 0 Å². The lowest BCUT2D eigenvalue weighted by atomic mass is 9.73. The quantitative estimate of drug-likeness (QED) is 0.632. The van der Waals surface area contributed by atoms with Crippen molar-refractivity contribution in [1.29, 1.82) is 0 Å². The minimum atomic E-state index is 0.613. The van der Waals surface area contributed by atoms with Gasteiger partial charge in [0.2, 0.25) is 0 Å². The molecule has 0 bridgehead atoms. The molecule has 3 aliphatic rings. The fourth-order valence-corrected chi connectivity index (χ4v) is 4.96. The van der Waals surface area contributed by atoms with Gasteiger partial charge >= 0.3 is 0 Å². The molecule has 0 aromatic carbocycles. The average molecular weight is 335 g/mol. The fraction of sp³-hybridized carbons (Fsp3) is 0.950. The van der Waals surface area contributed by atoms with E-state index in [0.29, 0.717) is 5.41 Å². The second kappa shape index (κ2) is 8.55. The summed E-state index contributed by atoms with van der Waals surface area (Å²) in [5.41, 5.74) is 0.613. The molecule has 24 heavy (non-hydrogen) atoms. The Morgan fingerprint density at radius 2 is 1.83 bits per heavy atom. The monoisotopic (exact) mass is 334 g/mol. The minimum Gasteiger partial charge on any atom is -0.357 e. The van der Waals surface area contributed by atoms with Crippen molar-refractivity contribution >= 4 is 5.96 Å². The van der Waals surface area contributed by atoms with Gasteiger partial charge in [0.1, 0.15) is 0 Å². The predicted molar refractivity (Wildman–Crippen MR) is 103 cm³/mol. The van der Waals surface area contributed by atoms with E-state index in [0.717, 1.165) is 19.0 Å². The Bertz CT molecular complexity index is 406. The molecular formula is C20H38N4. The second-order valence-corrected chi connectivity index (χ2v) is 8.50. The number of likely N-dealkylation sites (tertiary alicyclic amines) is 2. The summed E-state index contributed by atoms with van der Waals surface area (Å²) >= 11 is 0. The van der Waals surface area contributed by atoms with Crippen LogP contribution in [0.5, 0.6) is 0 Å². The average Bonchev–Trinajstić information content (AvgIpc) is 3.00. The largest absolute Gasteiger partial charge is 0.357 e. The van der Waals surface area contributed by atoms with Gasteiger partial charge in [-0.15, -0.1) is 0 Å². The first-order valence-electron chi connectivity index (χ1n) is 10.4. The normalized spacial score (nSPS) is 26.2. The molecule has 0 radical (unpaired) electrons. The SMILES string of the molecule is CCNC(=NCCC1CCN(C)CC1)N1CCC2(CCCCC2)C1. The maximum absolute atomic E-state index is 5.00. The lowest BCUT2D eigenvalue weighted by Crippen LogP contribution is -2.41. The minimum absolute atomic E-state index is 0.613. The Morgan fingerprint density at radius 3 is 2.54 bits per heavy atom. The highest BCUT2D eigenvalue weighted by Crippen LogP contribution is 2.43. The third-order valence-corrected chi connectivity index (χ3v) is 6.62. The van der Waals surface area contributed by atoms with Crippen molar-refractivity contribution in [1.82, 2.24) is 15.1 Å². The molecule has 3 fully saturated rings. The van der Waals surface area contributed by atoms with Crippen LogP contribution in [0, 0.1) is 11.3 Å². The topological polar surface area (TPSA) is 30.9 Å². The van der Waals surface area contributed by atoms with E-state index in [1.165, 1.54) is 89.9 Å². The number of hydrogen-bond acceptors (Lipinski definition) is 2. The van der Waals surface area contributed by atoms with Crippen molar-refractivity contribution in [2.75, 3.05) is 46.3 Å². The highest BCUT2D eigenvalue weighted by molar-refractivity contribution is 5.80. The summed E-state index contributed by atoms with van der Waals surface area (Å²) in [5.74, 6) is 2.07. The van der Waals surface area contributed by atoms with E-state index in [4.69, 9.17) is 4.99 Å². The van der Waals surface area contributed by atoms with Gasteiger partial charge in [0.15, 0.2) is 5.96 Å². The summed E-state index contributed by atoms with van der Waals surface area (Å²) in [6, 6.07) is 0. The zero-order valence-corrected chi connectivity index (χ0v) is 16.0. The summed E-state index contributed by atoms with van der Waals surface area (Å²) in [5, 5.41) is 3.56. The van der Waals surface area contributed by atoms with Crippen LogP contribution in [0.4, 0.5) is 0 Å². The summed E-state index contributed by atoms with van der Waals surface area (Å²) < 4.78 is 0. The predicted octanol–water partition coefficient (Wildman–Crippen LogP) is 3.34. The van der Waals surface area contributed by atoms with Gasteiger partial charge in [-0.05, 0) is 76.9 Å². The van der Waals surface area contributed by atoms with E-state index in [9.17, 15) is 0 Å². The van der Waals surface area contributed by atoms with Gasteiger partial charge in [-0.2, -0.15) is 0 Å². The maximum atomic E-state index is 5.00. The van der Waals surface area contributed by atoms with Crippen LogP contribution in [0.25, 0.3) is 0 Å². The molecule has 0 atom stereocenters. The van der Waals surface area contributed by atoms with Gasteiger partial charge in [-0.25, -0.2) is 0 Å². The van der Waals surface area contributed by atoms with E-state index >= 15 is 0 Å². The van der Waals surface area contributed by atoms with Crippen LogP contribution in [0.2, 0.25) is 0 Å². The van der Waals surface area contributed by atoms with Gasteiger partial charge in [0.05, 0.1) is 0 Å². The van der Waals surface area contributed by atoms with Crippen LogP contribution < -0.4 is 5.32 Å². The van der Waals surface area contributed by atoms with Crippen LogP contribution in [-0.2, 0) is 0 Å². The molecule has 0 aromatic rings. The van der Waals surface area contributed by atoms with E-state index in [2.05, 4.69) is 29.1 Å². The Hall–Kier alpha value is -0.770. The molecule has 0 unspecified atom stereocenters. The molecule has 4 heteroatoms. The third kappa shape index (κ3) is 4.65. The van der Waals surface area contributed by atoms with Crippen molar-refractivity contribution in [2.45, 2.75) is 64.7 Å². The van der Waals surface area contributed by atoms with Crippen molar-refractivity contribution < 1.29 is 0 Å². The van der Waals surface area contributed by atoms with Crippen molar-refractivity contribution in [3.8, 4) is 0 Å². The summed E-state index contributed by atoms with van der Waals surface area (Å²) in [4.78, 5) is 10.0. The molecular weight excluding hydrogens is 296 g/mol. The first-order valence-corrected chi connectivity index (χ1v) is 10.4. The van der Waals surface area contributed by atoms with Crippen LogP contribution in [0.15, 0.2) is 4.99 Å². The van der Waals surface area contributed by atoms with Crippen molar-refractivity contribution in [2.24, 2.45) is 16.3 Å². The van der Waals surface area contributed by atoms with Gasteiger partial charge in [0.25, 0.3) is 0 Å². The molecule has 1 saturated carbocycles. The van der Waals surface area contributed by atoms with Crippen LogP contribution in [-0.4, -0.2) is 62.1 Å². The Kier molecular flexibility index (Phi) is 6.43. The standard InChI is InChI=1S/C20H38N4/c1-3-21-19(22-13-7-18-8-14-23(2)15-9-18)24-16-12-20(17-24)10-5-4-6-11-20/h18H,3-17H2,1-2H3,(H,21,22). The first kappa shape index (κ1) is 18.0. The molecule has 0 aromatic heterocycles. The Labute approximate surface area is 149 Å². The lowest BCUT2D eigenvalue weighted by molar-refractivity contribution is 0.203. The molecule has 3 rings (SSSR count). The number of aliphatic imine (C=N–C) groups is 1. The lowest BCUT2D eigenvalue weighted by Gasteiger charge is -2.33. The van der Waals surface area contributed by atoms with Crippen LogP contribution in [0.1, 0.15) is 64.7 Å². The zero-order chi connectivity index (χ0) is 16.8. The molecule has 1 spiro atoms. The van der Waals surface area contributed by atoms with Gasteiger partial charge < -0.3 is 15.1 Å². The second-order valence-electron chi connectivity index (χ2n) is 8.50. The van der Waals surface area contributed by atoms with E-state index < -0.39 is 0 Å². The van der Waals surface area contributed by atoms with Crippen LogP contribution in [0.3, 0.4) is 0 Å². The number of piperidine rings is 1. The summed E-state index contributed by atoms with van der Waals surface area (Å²) in [6.45, 7) is 9.16. The molecule has 2 heterocycles. The highest BCUT2D eigenvalue weighted by Gasteiger charge is 2.39. The van der Waals surface area contributed by atoms with Gasteiger partial charge in [-0.1, -0.05) is 19.3 Å². The first-order chi connectivity index (χ1) is 11.7. The third-order valence-electron chi connectivity index (χ3n) is 6.62. The summed E-state index contributed by atoms with van der Waals surface area (Å²) in [7, 11) is 2.24. The van der Waals surface area contributed by atoms with Gasteiger partial charge in [-0.3, -0.25) is 4.99 Å². The molecule has 2 aliphatic heterocycles. The smallest absolute Gasteiger partial charge is 0.193 e. The number of nitrogens with one attached hydrogen (secondary N) is 1. The highest BCUT2D eigenvalue weighted by atomic mass is 15.3. The van der Waals surface area contributed by atoms with Crippen molar-refractivity contribution in [3.63, 3.8) is 0 Å². The molecule has 2 saturated heterocycles. The number of guanidine groups is 1. The molecule has 138 valence electrons. The van der Waals surface area contributed by atoms with Gasteiger partial charge in [0, 0.05) is 26.2 Å². The van der Waals surface area contributed by atoms with E-state index in [1.807, 2.05) is 0 Å². The van der Waals surface area contributed by atoms with E-state index in [-0.39, 0.29) is 0 Å². The molecule has 4 nitrogen and oxygen atoms in total. The molecule has 0 amide bonds. The summed E-state index contributed by atoms with van der Waals surface area (Å²) in [6.07, 6.45) is 12.6. The fourth-order valence-electron chi connectivity index (χ4n) is 4.96. The number of hydrogen-bond donors (Lipinski definition) is 1. The number of rotatable bonds is 4. The van der Waals surface area contributed by atoms with Crippen LogP contribution >= 0.6 is 0 Å². The number of nitrogens with zero attached hydrogens (tertiary/aromatic N) is 3. The molecule has 1 N–H and O–H groups in total.